The molecule has 1 aromatic heterocycles. The molecule has 0 saturated carbocycles. The number of aliphatic hydroxyl groups is 1. The lowest BCUT2D eigenvalue weighted by Crippen LogP contribution is -2.23. The number of rotatable bonds is 7. The molecule has 0 bridgehead atoms. The van der Waals surface area contributed by atoms with Crippen molar-refractivity contribution in [2.75, 3.05) is 13.7 Å². The van der Waals surface area contributed by atoms with E-state index in [2.05, 4.69) is 5.10 Å². The summed E-state index contributed by atoms with van der Waals surface area (Å²) in [5, 5.41) is 14.7. The number of ether oxygens (including phenoxy) is 2. The van der Waals surface area contributed by atoms with Crippen LogP contribution in [0.2, 0.25) is 5.02 Å². The van der Waals surface area contributed by atoms with Crippen LogP contribution >= 0.6 is 11.6 Å². The van der Waals surface area contributed by atoms with Gasteiger partial charge in [0.15, 0.2) is 0 Å². The molecule has 0 aliphatic heterocycles. The first-order valence-electron chi connectivity index (χ1n) is 6.67. The standard InChI is InChI=1S/C15H19ClN2O3/c1-11-14(16)7-17-18(11)8-13(19)10-21-9-12-5-3-4-6-15(12)20-2/h3-7,13,19H,8-10H2,1-2H3. The van der Waals surface area contributed by atoms with Crippen LogP contribution in [-0.4, -0.2) is 34.7 Å². The fraction of sp³-hybridized carbons (Fsp3) is 0.400. The number of hydrogen-bond acceptors (Lipinski definition) is 4. The molecule has 0 spiro atoms. The first-order chi connectivity index (χ1) is 10.1. The number of methoxy groups -OCH3 is 1. The van der Waals surface area contributed by atoms with E-state index >= 15 is 0 Å². The monoisotopic (exact) mass is 310 g/mol. The molecular formula is C15H19ClN2O3. The highest BCUT2D eigenvalue weighted by atomic mass is 35.5. The van der Waals surface area contributed by atoms with E-state index in [0.717, 1.165) is 17.0 Å². The lowest BCUT2D eigenvalue weighted by molar-refractivity contribution is 0.0178. The molecule has 0 saturated heterocycles. The normalized spacial score (nSPS) is 12.4. The number of para-hydroxylation sites is 1. The molecule has 1 unspecified atom stereocenters. The average molecular weight is 311 g/mol. The minimum atomic E-state index is -0.644. The third kappa shape index (κ3) is 4.20. The molecule has 0 fully saturated rings. The van der Waals surface area contributed by atoms with Gasteiger partial charge < -0.3 is 14.6 Å². The van der Waals surface area contributed by atoms with Crippen molar-refractivity contribution in [1.29, 1.82) is 0 Å². The van der Waals surface area contributed by atoms with E-state index in [9.17, 15) is 5.11 Å². The van der Waals surface area contributed by atoms with E-state index in [0.29, 0.717) is 18.2 Å². The molecule has 114 valence electrons. The average Bonchev–Trinajstić information content (AvgIpc) is 2.80. The Kier molecular flexibility index (Phi) is 5.61. The number of benzene rings is 1. The van der Waals surface area contributed by atoms with Gasteiger partial charge in [0.1, 0.15) is 5.75 Å². The molecule has 1 heterocycles. The first kappa shape index (κ1) is 15.8. The Hall–Kier alpha value is -1.56. The lowest BCUT2D eigenvalue weighted by Gasteiger charge is -2.13. The summed E-state index contributed by atoms with van der Waals surface area (Å²) in [6.07, 6.45) is 0.925. The van der Waals surface area contributed by atoms with E-state index in [1.165, 1.54) is 0 Å². The van der Waals surface area contributed by atoms with Gasteiger partial charge in [-0.25, -0.2) is 0 Å². The van der Waals surface area contributed by atoms with E-state index in [4.69, 9.17) is 21.1 Å². The highest BCUT2D eigenvalue weighted by Crippen LogP contribution is 2.18. The molecule has 1 atom stereocenters. The lowest BCUT2D eigenvalue weighted by atomic mass is 10.2. The second-order valence-corrected chi connectivity index (χ2v) is 5.15. The molecular weight excluding hydrogens is 292 g/mol. The predicted octanol–water partition coefficient (Wildman–Crippen LogP) is 2.43. The van der Waals surface area contributed by atoms with Crippen LogP contribution in [0, 0.1) is 6.92 Å². The van der Waals surface area contributed by atoms with Gasteiger partial charge in [-0.2, -0.15) is 5.10 Å². The summed E-state index contributed by atoms with van der Waals surface area (Å²) in [4.78, 5) is 0. The van der Waals surface area contributed by atoms with Gasteiger partial charge >= 0.3 is 0 Å². The fourth-order valence-corrected chi connectivity index (χ4v) is 2.13. The van der Waals surface area contributed by atoms with Crippen molar-refractivity contribution in [1.82, 2.24) is 9.78 Å². The summed E-state index contributed by atoms with van der Waals surface area (Å²) < 4.78 is 12.5. The molecule has 21 heavy (non-hydrogen) atoms. The minimum Gasteiger partial charge on any atom is -0.496 e. The maximum absolute atomic E-state index is 9.98. The molecule has 0 radical (unpaired) electrons. The van der Waals surface area contributed by atoms with Gasteiger partial charge in [-0.15, -0.1) is 0 Å². The number of aromatic nitrogens is 2. The zero-order valence-corrected chi connectivity index (χ0v) is 12.9. The summed E-state index contributed by atoms with van der Waals surface area (Å²) >= 11 is 5.92. The van der Waals surface area contributed by atoms with Crippen molar-refractivity contribution in [3.63, 3.8) is 0 Å². The molecule has 1 aromatic carbocycles. The Labute approximate surface area is 129 Å². The van der Waals surface area contributed by atoms with Crippen LogP contribution in [0.25, 0.3) is 0 Å². The largest absolute Gasteiger partial charge is 0.496 e. The second kappa shape index (κ2) is 7.45. The summed E-state index contributed by atoms with van der Waals surface area (Å²) in [6.45, 7) is 2.82. The predicted molar refractivity (Wildman–Crippen MR) is 80.6 cm³/mol. The highest BCUT2D eigenvalue weighted by molar-refractivity contribution is 6.31. The van der Waals surface area contributed by atoms with Crippen LogP contribution in [0.3, 0.4) is 0 Å². The van der Waals surface area contributed by atoms with Gasteiger partial charge in [0, 0.05) is 5.56 Å². The number of nitrogens with zero attached hydrogens (tertiary/aromatic N) is 2. The second-order valence-electron chi connectivity index (χ2n) is 4.74. The Morgan fingerprint density at radius 2 is 2.14 bits per heavy atom. The number of hydrogen-bond donors (Lipinski definition) is 1. The molecule has 2 rings (SSSR count). The topological polar surface area (TPSA) is 56.5 Å². The number of aliphatic hydroxyl groups excluding tert-OH is 1. The molecule has 1 N–H and O–H groups in total. The SMILES string of the molecule is COc1ccccc1COCC(O)Cn1ncc(Cl)c1C. The van der Waals surface area contributed by atoms with Crippen LogP contribution in [0.4, 0.5) is 0 Å². The van der Waals surface area contributed by atoms with Crippen LogP contribution in [-0.2, 0) is 17.9 Å². The number of halogens is 1. The van der Waals surface area contributed by atoms with E-state index < -0.39 is 6.10 Å². The first-order valence-corrected chi connectivity index (χ1v) is 7.05. The minimum absolute atomic E-state index is 0.217. The van der Waals surface area contributed by atoms with E-state index in [1.807, 2.05) is 31.2 Å². The van der Waals surface area contributed by atoms with Gasteiger partial charge in [-0.3, -0.25) is 4.68 Å². The van der Waals surface area contributed by atoms with Crippen LogP contribution in [0.5, 0.6) is 5.75 Å². The third-order valence-corrected chi connectivity index (χ3v) is 3.56. The van der Waals surface area contributed by atoms with Gasteiger partial charge in [0.2, 0.25) is 0 Å². The molecule has 0 aliphatic rings. The molecule has 6 heteroatoms. The Morgan fingerprint density at radius 3 is 2.81 bits per heavy atom. The summed E-state index contributed by atoms with van der Waals surface area (Å²) in [5.74, 6) is 0.779. The van der Waals surface area contributed by atoms with E-state index in [-0.39, 0.29) is 6.61 Å². The Morgan fingerprint density at radius 1 is 1.38 bits per heavy atom. The maximum Gasteiger partial charge on any atom is 0.124 e. The fourth-order valence-electron chi connectivity index (χ4n) is 1.99. The van der Waals surface area contributed by atoms with Gasteiger partial charge in [-0.1, -0.05) is 29.8 Å². The van der Waals surface area contributed by atoms with Gasteiger partial charge in [0.05, 0.1) is 49.9 Å². The van der Waals surface area contributed by atoms with Crippen molar-refractivity contribution in [3.8, 4) is 5.75 Å². The zero-order valence-electron chi connectivity index (χ0n) is 12.1. The highest BCUT2D eigenvalue weighted by Gasteiger charge is 2.11. The molecule has 0 aliphatic carbocycles. The molecule has 5 nitrogen and oxygen atoms in total. The summed E-state index contributed by atoms with van der Waals surface area (Å²) in [5.41, 5.74) is 1.78. The Balaban J connectivity index is 1.82. The van der Waals surface area contributed by atoms with E-state index in [1.54, 1.807) is 18.0 Å². The van der Waals surface area contributed by atoms with Gasteiger partial charge in [0.25, 0.3) is 0 Å². The van der Waals surface area contributed by atoms with Crippen LogP contribution in [0.15, 0.2) is 30.5 Å². The van der Waals surface area contributed by atoms with Crippen LogP contribution < -0.4 is 4.74 Å². The van der Waals surface area contributed by atoms with Gasteiger partial charge in [-0.05, 0) is 13.0 Å². The Bertz CT molecular complexity index is 586. The van der Waals surface area contributed by atoms with Crippen molar-refractivity contribution in [2.45, 2.75) is 26.2 Å². The van der Waals surface area contributed by atoms with Crippen molar-refractivity contribution in [2.24, 2.45) is 0 Å². The smallest absolute Gasteiger partial charge is 0.124 e. The molecule has 0 amide bonds. The zero-order chi connectivity index (χ0) is 15.2. The maximum atomic E-state index is 9.98. The van der Waals surface area contributed by atoms with Crippen LogP contribution in [0.1, 0.15) is 11.3 Å². The third-order valence-electron chi connectivity index (χ3n) is 3.19. The summed E-state index contributed by atoms with van der Waals surface area (Å²) in [7, 11) is 1.62. The quantitative estimate of drug-likeness (QED) is 0.853. The molecule has 2 aromatic rings. The van der Waals surface area contributed by atoms with Crippen molar-refractivity contribution < 1.29 is 14.6 Å². The summed E-state index contributed by atoms with van der Waals surface area (Å²) in [6, 6.07) is 7.64. The van der Waals surface area contributed by atoms with Crippen molar-refractivity contribution in [3.05, 3.63) is 46.7 Å². The van der Waals surface area contributed by atoms with Crippen molar-refractivity contribution >= 4 is 11.6 Å².